The van der Waals surface area contributed by atoms with E-state index in [2.05, 4.69) is 204 Å². The highest BCUT2D eigenvalue weighted by Crippen LogP contribution is 2.43. The van der Waals surface area contributed by atoms with Crippen LogP contribution in [0.2, 0.25) is 0 Å². The Bertz CT molecular complexity index is 3230. The number of benzene rings is 9. The fourth-order valence-corrected chi connectivity index (χ4v) is 8.33. The predicted octanol–water partition coefficient (Wildman–Crippen LogP) is 14.6. The van der Waals surface area contributed by atoms with Crippen molar-refractivity contribution in [3.8, 4) is 39.1 Å². The average Bonchev–Trinajstić information content (AvgIpc) is 3.80. The van der Waals surface area contributed by atoms with Crippen molar-refractivity contribution in [1.29, 1.82) is 0 Å². The van der Waals surface area contributed by atoms with Crippen LogP contribution in [-0.2, 0) is 0 Å². The first-order valence-corrected chi connectivity index (χ1v) is 18.8. The molecular formula is C52H34N2O. The summed E-state index contributed by atoms with van der Waals surface area (Å²) in [7, 11) is 0. The molecule has 0 bridgehead atoms. The van der Waals surface area contributed by atoms with Crippen molar-refractivity contribution in [3.05, 3.63) is 200 Å². The minimum absolute atomic E-state index is 0.892. The third-order valence-electron chi connectivity index (χ3n) is 10.9. The molecule has 258 valence electrons. The molecule has 0 aliphatic rings. The highest BCUT2D eigenvalue weighted by molar-refractivity contribution is 6.25. The lowest BCUT2D eigenvalue weighted by atomic mass is 9.96. The van der Waals surface area contributed by atoms with Gasteiger partial charge in [-0.1, -0.05) is 133 Å². The lowest BCUT2D eigenvalue weighted by Gasteiger charge is -2.16. The van der Waals surface area contributed by atoms with Crippen molar-refractivity contribution in [2.24, 2.45) is 0 Å². The number of para-hydroxylation sites is 1. The van der Waals surface area contributed by atoms with E-state index >= 15 is 0 Å². The van der Waals surface area contributed by atoms with Crippen molar-refractivity contribution in [3.63, 3.8) is 0 Å². The smallest absolute Gasteiger partial charge is 0.137 e. The molecule has 0 fully saturated rings. The summed E-state index contributed by atoms with van der Waals surface area (Å²) in [6.07, 6.45) is 0. The molecule has 11 rings (SSSR count). The Hall–Kier alpha value is -7.36. The summed E-state index contributed by atoms with van der Waals surface area (Å²) in [5.74, 6) is 0. The van der Waals surface area contributed by atoms with E-state index in [1.807, 2.05) is 6.07 Å². The topological polar surface area (TPSA) is 30.1 Å². The fraction of sp³-hybridized carbons (Fsp3) is 0. The number of furan rings is 1. The minimum Gasteiger partial charge on any atom is -0.456 e. The van der Waals surface area contributed by atoms with Gasteiger partial charge in [-0.05, 0) is 105 Å². The van der Waals surface area contributed by atoms with Gasteiger partial charge < -0.3 is 14.3 Å². The quantitative estimate of drug-likeness (QED) is 0.187. The van der Waals surface area contributed by atoms with Crippen LogP contribution in [0.1, 0.15) is 0 Å². The lowest BCUT2D eigenvalue weighted by Crippen LogP contribution is -1.95. The van der Waals surface area contributed by atoms with Gasteiger partial charge in [0.25, 0.3) is 0 Å². The Morgan fingerprint density at radius 2 is 1.11 bits per heavy atom. The van der Waals surface area contributed by atoms with Crippen molar-refractivity contribution in [1.82, 2.24) is 4.57 Å². The van der Waals surface area contributed by atoms with Gasteiger partial charge in [0.2, 0.25) is 0 Å². The first-order chi connectivity index (χ1) is 27.2. The molecule has 0 aliphatic carbocycles. The van der Waals surface area contributed by atoms with Crippen molar-refractivity contribution >= 4 is 65.9 Å². The molecular weight excluding hydrogens is 669 g/mol. The van der Waals surface area contributed by atoms with E-state index in [0.717, 1.165) is 72.3 Å². The van der Waals surface area contributed by atoms with Gasteiger partial charge >= 0.3 is 0 Å². The number of rotatable bonds is 6. The maximum Gasteiger partial charge on any atom is 0.137 e. The van der Waals surface area contributed by atoms with Gasteiger partial charge in [0.05, 0.1) is 16.4 Å². The van der Waals surface area contributed by atoms with Crippen molar-refractivity contribution in [2.45, 2.75) is 0 Å². The lowest BCUT2D eigenvalue weighted by molar-refractivity contribution is 0.669. The number of hydrogen-bond donors (Lipinski definition) is 1. The monoisotopic (exact) mass is 702 g/mol. The third-order valence-corrected chi connectivity index (χ3v) is 10.9. The van der Waals surface area contributed by atoms with Crippen LogP contribution in [0, 0.1) is 0 Å². The second-order valence-electron chi connectivity index (χ2n) is 14.2. The molecule has 0 saturated carbocycles. The van der Waals surface area contributed by atoms with Gasteiger partial charge in [0.1, 0.15) is 11.2 Å². The van der Waals surface area contributed by atoms with Gasteiger partial charge in [-0.3, -0.25) is 0 Å². The van der Waals surface area contributed by atoms with Crippen molar-refractivity contribution < 1.29 is 4.42 Å². The van der Waals surface area contributed by atoms with E-state index in [-0.39, 0.29) is 0 Å². The summed E-state index contributed by atoms with van der Waals surface area (Å²) >= 11 is 0. The molecule has 55 heavy (non-hydrogen) atoms. The Balaban J connectivity index is 1.09. The Morgan fingerprint density at radius 3 is 1.98 bits per heavy atom. The van der Waals surface area contributed by atoms with E-state index < -0.39 is 0 Å². The first-order valence-electron chi connectivity index (χ1n) is 18.8. The number of hydrogen-bond acceptors (Lipinski definition) is 2. The Labute approximate surface area is 318 Å². The van der Waals surface area contributed by atoms with E-state index in [9.17, 15) is 0 Å². The van der Waals surface area contributed by atoms with Crippen LogP contribution in [-0.4, -0.2) is 4.57 Å². The molecule has 0 spiro atoms. The Morgan fingerprint density at radius 1 is 0.400 bits per heavy atom. The van der Waals surface area contributed by atoms with E-state index in [1.165, 1.54) is 32.7 Å². The fourth-order valence-electron chi connectivity index (χ4n) is 8.33. The summed E-state index contributed by atoms with van der Waals surface area (Å²) in [5.41, 5.74) is 14.4. The Kier molecular flexibility index (Phi) is 7.17. The molecule has 0 atom stereocenters. The summed E-state index contributed by atoms with van der Waals surface area (Å²) in [5, 5.41) is 10.9. The van der Waals surface area contributed by atoms with Crippen LogP contribution in [0.5, 0.6) is 0 Å². The zero-order chi connectivity index (χ0) is 36.3. The van der Waals surface area contributed by atoms with E-state index in [4.69, 9.17) is 4.42 Å². The zero-order valence-electron chi connectivity index (χ0n) is 29.9. The maximum atomic E-state index is 6.43. The number of anilines is 2. The maximum absolute atomic E-state index is 6.43. The third kappa shape index (κ3) is 5.28. The van der Waals surface area contributed by atoms with Crippen molar-refractivity contribution in [2.75, 3.05) is 5.32 Å². The van der Waals surface area contributed by atoms with Crippen LogP contribution >= 0.6 is 0 Å². The second-order valence-corrected chi connectivity index (χ2v) is 14.2. The van der Waals surface area contributed by atoms with Gasteiger partial charge in [-0.25, -0.2) is 0 Å². The first kappa shape index (κ1) is 31.2. The van der Waals surface area contributed by atoms with Gasteiger partial charge in [-0.2, -0.15) is 0 Å². The van der Waals surface area contributed by atoms with Crippen LogP contribution in [0.3, 0.4) is 0 Å². The minimum atomic E-state index is 0.892. The highest BCUT2D eigenvalue weighted by atomic mass is 16.3. The van der Waals surface area contributed by atoms with Crippen LogP contribution in [0.4, 0.5) is 11.4 Å². The molecule has 0 amide bonds. The highest BCUT2D eigenvalue weighted by Gasteiger charge is 2.20. The van der Waals surface area contributed by atoms with Crippen LogP contribution in [0.15, 0.2) is 205 Å². The average molecular weight is 703 g/mol. The standard InChI is InChI=1S/C52H34N2O/c1-3-12-34(13-4-1)37-18-11-19-41(30-37)53-47-27-23-39(32-45(47)36-15-5-2-6-16-36)40-24-28-48-46(33-40)43-26-29-50-51(44-20-9-10-21-49(44)55-50)52(43)54(48)42-25-22-35-14-7-8-17-38(35)31-42/h1-33,53H. The molecule has 0 radical (unpaired) electrons. The molecule has 9 aromatic carbocycles. The van der Waals surface area contributed by atoms with Gasteiger partial charge in [0, 0.05) is 38.8 Å². The zero-order valence-corrected chi connectivity index (χ0v) is 29.9. The van der Waals surface area contributed by atoms with Gasteiger partial charge in [0.15, 0.2) is 0 Å². The van der Waals surface area contributed by atoms with E-state index in [1.54, 1.807) is 0 Å². The molecule has 2 aromatic heterocycles. The molecule has 2 heterocycles. The molecule has 3 heteroatoms. The normalized spacial score (nSPS) is 11.6. The largest absolute Gasteiger partial charge is 0.456 e. The summed E-state index contributed by atoms with van der Waals surface area (Å²) in [6, 6.07) is 71.6. The summed E-state index contributed by atoms with van der Waals surface area (Å²) in [6.45, 7) is 0. The molecule has 1 N–H and O–H groups in total. The second kappa shape index (κ2) is 12.6. The molecule has 0 aliphatic heterocycles. The van der Waals surface area contributed by atoms with Crippen LogP contribution < -0.4 is 5.32 Å². The molecule has 0 unspecified atom stereocenters. The predicted molar refractivity (Wildman–Crippen MR) is 232 cm³/mol. The SMILES string of the molecule is c1ccc(-c2cccc(Nc3ccc(-c4ccc5c(c4)c4ccc6oc7ccccc7c6c4n5-c4ccc5ccccc5c4)cc3-c3ccccc3)c2)cc1. The number of aromatic nitrogens is 1. The summed E-state index contributed by atoms with van der Waals surface area (Å²) < 4.78 is 8.86. The van der Waals surface area contributed by atoms with Gasteiger partial charge in [-0.15, -0.1) is 0 Å². The number of fused-ring (bicyclic) bond motifs is 8. The number of nitrogens with zero attached hydrogens (tertiary/aromatic N) is 1. The molecule has 11 aromatic rings. The molecule has 3 nitrogen and oxygen atoms in total. The summed E-state index contributed by atoms with van der Waals surface area (Å²) in [4.78, 5) is 0. The molecule has 0 saturated heterocycles. The van der Waals surface area contributed by atoms with Crippen LogP contribution in [0.25, 0.3) is 93.6 Å². The van der Waals surface area contributed by atoms with E-state index in [0.29, 0.717) is 0 Å². The number of nitrogens with one attached hydrogen (secondary N) is 1.